The van der Waals surface area contributed by atoms with Gasteiger partial charge in [-0.15, -0.1) is 0 Å². The van der Waals surface area contributed by atoms with Gasteiger partial charge in [-0.25, -0.2) is 0 Å². The maximum absolute atomic E-state index is 12.6. The Morgan fingerprint density at radius 2 is 1.78 bits per heavy atom. The summed E-state index contributed by atoms with van der Waals surface area (Å²) in [6.45, 7) is 0.792. The Morgan fingerprint density at radius 1 is 1.09 bits per heavy atom. The lowest BCUT2D eigenvalue weighted by Crippen LogP contribution is -2.25. The fourth-order valence-electron chi connectivity index (χ4n) is 3.11. The quantitative estimate of drug-likeness (QED) is 0.910. The molecule has 122 valence electrons. The van der Waals surface area contributed by atoms with Gasteiger partial charge in [0.2, 0.25) is 0 Å². The van der Waals surface area contributed by atoms with Crippen molar-refractivity contribution in [1.82, 2.24) is 5.32 Å². The van der Waals surface area contributed by atoms with Gasteiger partial charge in [0.1, 0.15) is 11.9 Å². The van der Waals surface area contributed by atoms with Gasteiger partial charge in [0, 0.05) is 12.5 Å². The predicted molar refractivity (Wildman–Crippen MR) is 82.4 cm³/mol. The van der Waals surface area contributed by atoms with E-state index >= 15 is 0 Å². The molecule has 3 rings (SSSR count). The van der Waals surface area contributed by atoms with Crippen LogP contribution in [-0.2, 0) is 12.6 Å². The monoisotopic (exact) mass is 321 g/mol. The number of halogens is 3. The first-order valence-electron chi connectivity index (χ1n) is 7.55. The molecule has 0 saturated heterocycles. The van der Waals surface area contributed by atoms with Crippen molar-refractivity contribution in [2.45, 2.75) is 18.7 Å². The van der Waals surface area contributed by atoms with E-state index in [9.17, 15) is 13.2 Å². The fraction of sp³-hybridized carbons (Fsp3) is 0.333. The smallest absolute Gasteiger partial charge is 0.416 e. The average molecular weight is 321 g/mol. The normalized spacial score (nSPS) is 20.3. The molecule has 1 aliphatic carbocycles. The maximum Gasteiger partial charge on any atom is 0.416 e. The number of rotatable bonds is 4. The minimum Gasteiger partial charge on any atom is -0.485 e. The molecule has 2 aromatic rings. The van der Waals surface area contributed by atoms with Crippen molar-refractivity contribution in [3.8, 4) is 5.75 Å². The average Bonchev–Trinajstić information content (AvgIpc) is 2.85. The van der Waals surface area contributed by atoms with E-state index in [2.05, 4.69) is 11.4 Å². The second-order valence-electron chi connectivity index (χ2n) is 5.78. The first kappa shape index (κ1) is 15.9. The number of nitrogens with one attached hydrogen (secondary N) is 1. The molecule has 1 N–H and O–H groups in total. The number of hydrogen-bond acceptors (Lipinski definition) is 2. The molecule has 0 aliphatic heterocycles. The zero-order valence-corrected chi connectivity index (χ0v) is 12.7. The molecule has 23 heavy (non-hydrogen) atoms. The van der Waals surface area contributed by atoms with Crippen molar-refractivity contribution in [3.63, 3.8) is 0 Å². The van der Waals surface area contributed by atoms with Gasteiger partial charge in [0.05, 0.1) is 5.56 Å². The molecule has 0 bridgehead atoms. The number of benzene rings is 2. The van der Waals surface area contributed by atoms with Crippen LogP contribution >= 0.6 is 0 Å². The van der Waals surface area contributed by atoms with Crippen LogP contribution in [0.4, 0.5) is 13.2 Å². The van der Waals surface area contributed by atoms with Crippen LogP contribution in [0.5, 0.6) is 5.75 Å². The molecule has 1 aliphatic rings. The Morgan fingerprint density at radius 3 is 2.43 bits per heavy atom. The maximum atomic E-state index is 12.6. The third-order valence-corrected chi connectivity index (χ3v) is 4.18. The van der Waals surface area contributed by atoms with E-state index in [1.807, 2.05) is 25.2 Å². The van der Waals surface area contributed by atoms with Gasteiger partial charge in [-0.3, -0.25) is 0 Å². The Kier molecular flexibility index (Phi) is 4.31. The van der Waals surface area contributed by atoms with Crippen LogP contribution in [0, 0.1) is 5.92 Å². The van der Waals surface area contributed by atoms with E-state index in [1.165, 1.54) is 17.7 Å². The zero-order valence-electron chi connectivity index (χ0n) is 12.7. The molecule has 2 nitrogen and oxygen atoms in total. The summed E-state index contributed by atoms with van der Waals surface area (Å²) in [6.07, 6.45) is -3.56. The van der Waals surface area contributed by atoms with Gasteiger partial charge in [-0.2, -0.15) is 13.2 Å². The van der Waals surface area contributed by atoms with Crippen LogP contribution in [0.25, 0.3) is 0 Å². The lowest BCUT2D eigenvalue weighted by atomic mass is 10.0. The lowest BCUT2D eigenvalue weighted by Gasteiger charge is -2.22. The SMILES string of the molecule is CNCC1Cc2ccccc2C1Oc1ccc(C(F)(F)F)cc1. The topological polar surface area (TPSA) is 21.3 Å². The highest BCUT2D eigenvalue weighted by Crippen LogP contribution is 2.39. The Labute approximate surface area is 133 Å². The fourth-order valence-corrected chi connectivity index (χ4v) is 3.11. The third kappa shape index (κ3) is 3.34. The van der Waals surface area contributed by atoms with Crippen LogP contribution in [0.15, 0.2) is 48.5 Å². The predicted octanol–water partition coefficient (Wildman–Crippen LogP) is 4.22. The summed E-state index contributed by atoms with van der Waals surface area (Å²) >= 11 is 0. The summed E-state index contributed by atoms with van der Waals surface area (Å²) in [5.41, 5.74) is 1.70. The number of alkyl halides is 3. The minimum atomic E-state index is -4.33. The summed E-state index contributed by atoms with van der Waals surface area (Å²) < 4.78 is 43.9. The molecule has 0 fully saturated rings. The zero-order chi connectivity index (χ0) is 16.4. The molecule has 0 heterocycles. The summed E-state index contributed by atoms with van der Waals surface area (Å²) in [7, 11) is 1.89. The first-order chi connectivity index (χ1) is 11.0. The number of ether oxygens (including phenoxy) is 1. The van der Waals surface area contributed by atoms with Gasteiger partial charge in [0.25, 0.3) is 0 Å². The number of hydrogen-bond donors (Lipinski definition) is 1. The van der Waals surface area contributed by atoms with Crippen LogP contribution in [0.2, 0.25) is 0 Å². The second-order valence-corrected chi connectivity index (χ2v) is 5.78. The molecule has 0 spiro atoms. The summed E-state index contributed by atoms with van der Waals surface area (Å²) in [6, 6.07) is 13.0. The van der Waals surface area contributed by atoms with Crippen LogP contribution in [0.3, 0.4) is 0 Å². The van der Waals surface area contributed by atoms with E-state index in [-0.39, 0.29) is 12.0 Å². The first-order valence-corrected chi connectivity index (χ1v) is 7.55. The Bertz CT molecular complexity index is 667. The molecular weight excluding hydrogens is 303 g/mol. The molecule has 0 radical (unpaired) electrons. The molecular formula is C18H18F3NO. The van der Waals surface area contributed by atoms with Gasteiger partial charge < -0.3 is 10.1 Å². The van der Waals surface area contributed by atoms with Crippen molar-refractivity contribution in [2.24, 2.45) is 5.92 Å². The van der Waals surface area contributed by atoms with Crippen molar-refractivity contribution in [3.05, 3.63) is 65.2 Å². The highest BCUT2D eigenvalue weighted by Gasteiger charge is 2.34. The van der Waals surface area contributed by atoms with Crippen molar-refractivity contribution >= 4 is 0 Å². The van der Waals surface area contributed by atoms with Gasteiger partial charge >= 0.3 is 6.18 Å². The third-order valence-electron chi connectivity index (χ3n) is 4.18. The van der Waals surface area contributed by atoms with E-state index < -0.39 is 11.7 Å². The largest absolute Gasteiger partial charge is 0.485 e. The van der Waals surface area contributed by atoms with E-state index in [4.69, 9.17) is 4.74 Å². The summed E-state index contributed by atoms with van der Waals surface area (Å²) in [5.74, 6) is 0.723. The second kappa shape index (κ2) is 6.24. The Hall–Kier alpha value is -2.01. The summed E-state index contributed by atoms with van der Waals surface area (Å²) in [5, 5.41) is 3.16. The molecule has 2 atom stereocenters. The molecule has 2 aromatic carbocycles. The molecule has 0 aromatic heterocycles. The van der Waals surface area contributed by atoms with Crippen LogP contribution in [0.1, 0.15) is 22.8 Å². The summed E-state index contributed by atoms with van der Waals surface area (Å²) in [4.78, 5) is 0. The minimum absolute atomic E-state index is 0.143. The highest BCUT2D eigenvalue weighted by atomic mass is 19.4. The van der Waals surface area contributed by atoms with Gasteiger partial charge in [0.15, 0.2) is 0 Å². The molecule has 0 amide bonds. The van der Waals surface area contributed by atoms with Crippen LogP contribution in [-0.4, -0.2) is 13.6 Å². The van der Waals surface area contributed by atoms with Crippen LogP contribution < -0.4 is 10.1 Å². The van der Waals surface area contributed by atoms with E-state index in [0.29, 0.717) is 5.75 Å². The van der Waals surface area contributed by atoms with E-state index in [0.717, 1.165) is 30.7 Å². The Balaban J connectivity index is 1.82. The van der Waals surface area contributed by atoms with Gasteiger partial charge in [-0.1, -0.05) is 24.3 Å². The van der Waals surface area contributed by atoms with Crippen molar-refractivity contribution in [1.29, 1.82) is 0 Å². The van der Waals surface area contributed by atoms with Gasteiger partial charge in [-0.05, 0) is 48.9 Å². The molecule has 2 unspecified atom stereocenters. The lowest BCUT2D eigenvalue weighted by molar-refractivity contribution is -0.137. The molecule has 5 heteroatoms. The molecule has 0 saturated carbocycles. The van der Waals surface area contributed by atoms with E-state index in [1.54, 1.807) is 0 Å². The van der Waals surface area contributed by atoms with Crippen molar-refractivity contribution < 1.29 is 17.9 Å². The highest BCUT2D eigenvalue weighted by molar-refractivity contribution is 5.37. The standard InChI is InChI=1S/C18H18F3NO/c1-22-11-13-10-12-4-2-3-5-16(12)17(13)23-15-8-6-14(7-9-15)18(19,20)21/h2-9,13,17,22H,10-11H2,1H3. The van der Waals surface area contributed by atoms with Crippen molar-refractivity contribution in [2.75, 3.05) is 13.6 Å². The number of fused-ring (bicyclic) bond motifs is 1.